The number of carbonyl (C=O) groups is 1. The number of ketones is 1. The lowest BCUT2D eigenvalue weighted by Gasteiger charge is -2.10. The van der Waals surface area contributed by atoms with Crippen LogP contribution in [0.5, 0.6) is 0 Å². The van der Waals surface area contributed by atoms with Crippen LogP contribution in [-0.2, 0) is 4.74 Å². The quantitative estimate of drug-likeness (QED) is 0.771. The van der Waals surface area contributed by atoms with E-state index in [1.807, 2.05) is 0 Å². The molecule has 1 aliphatic rings. The van der Waals surface area contributed by atoms with Crippen LogP contribution in [0.3, 0.4) is 0 Å². The number of benzene rings is 1. The van der Waals surface area contributed by atoms with E-state index in [0.717, 1.165) is 12.8 Å². The summed E-state index contributed by atoms with van der Waals surface area (Å²) < 4.78 is 5.56. The Balaban J connectivity index is 1.94. The van der Waals surface area contributed by atoms with Crippen LogP contribution in [0.25, 0.3) is 0 Å². The van der Waals surface area contributed by atoms with Crippen molar-refractivity contribution in [3.63, 3.8) is 0 Å². The summed E-state index contributed by atoms with van der Waals surface area (Å²) in [6.07, 6.45) is 4.75. The molecule has 0 saturated heterocycles. The van der Waals surface area contributed by atoms with Gasteiger partial charge in [-0.25, -0.2) is 0 Å². The molecule has 0 aliphatic heterocycles. The first-order valence-electron chi connectivity index (χ1n) is 5.76. The first-order valence-corrected chi connectivity index (χ1v) is 6.52. The van der Waals surface area contributed by atoms with Gasteiger partial charge in [0.05, 0.1) is 11.1 Å². The van der Waals surface area contributed by atoms with Crippen LogP contribution in [0, 0.1) is 0 Å². The smallest absolute Gasteiger partial charge is 0.189 e. The van der Waals surface area contributed by atoms with Gasteiger partial charge >= 0.3 is 0 Å². The predicted molar refractivity (Wildman–Crippen MR) is 69.0 cm³/mol. The molecule has 1 aliphatic carbocycles. The fraction of sp³-hybridized carbons (Fsp3) is 0.462. The minimum absolute atomic E-state index is 0.0847. The summed E-state index contributed by atoms with van der Waals surface area (Å²) in [4.78, 5) is 11.9. The third-order valence-electron chi connectivity index (χ3n) is 2.98. The Bertz CT molecular complexity index is 412. The molecule has 1 aromatic carbocycles. The van der Waals surface area contributed by atoms with Crippen molar-refractivity contribution in [1.29, 1.82) is 0 Å². The third kappa shape index (κ3) is 3.44. The Morgan fingerprint density at radius 3 is 2.65 bits per heavy atom. The minimum atomic E-state index is -0.0847. The Morgan fingerprint density at radius 2 is 2.00 bits per heavy atom. The van der Waals surface area contributed by atoms with Gasteiger partial charge in [-0.3, -0.25) is 4.79 Å². The van der Waals surface area contributed by atoms with E-state index in [1.54, 1.807) is 18.2 Å². The molecular formula is C13H14Cl2O2. The summed E-state index contributed by atoms with van der Waals surface area (Å²) >= 11 is 11.7. The maximum atomic E-state index is 11.9. The predicted octanol–water partition coefficient (Wildman–Crippen LogP) is 4.14. The molecule has 4 heteroatoms. The molecule has 0 amide bonds. The lowest BCUT2D eigenvalue weighted by atomic mass is 10.1. The number of Topliss-reactive ketones (excluding diaryl/α,β-unsaturated/α-hetero) is 1. The highest BCUT2D eigenvalue weighted by molar-refractivity contribution is 6.36. The second-order valence-corrected chi connectivity index (χ2v) is 5.11. The second-order valence-electron chi connectivity index (χ2n) is 4.26. The molecule has 2 rings (SSSR count). The van der Waals surface area contributed by atoms with Gasteiger partial charge < -0.3 is 4.74 Å². The van der Waals surface area contributed by atoms with Crippen molar-refractivity contribution in [2.45, 2.75) is 31.8 Å². The monoisotopic (exact) mass is 272 g/mol. The molecule has 17 heavy (non-hydrogen) atoms. The molecule has 1 fully saturated rings. The number of halogens is 2. The average molecular weight is 273 g/mol. The topological polar surface area (TPSA) is 26.3 Å². The highest BCUT2D eigenvalue weighted by atomic mass is 35.5. The second kappa shape index (κ2) is 5.85. The van der Waals surface area contributed by atoms with Gasteiger partial charge in [-0.2, -0.15) is 0 Å². The summed E-state index contributed by atoms with van der Waals surface area (Å²) in [5.74, 6) is -0.0847. The summed E-state index contributed by atoms with van der Waals surface area (Å²) in [5.41, 5.74) is 0.481. The summed E-state index contributed by atoms with van der Waals surface area (Å²) in [6.45, 7) is 0.103. The van der Waals surface area contributed by atoms with E-state index in [1.165, 1.54) is 12.8 Å². The lowest BCUT2D eigenvalue weighted by Crippen LogP contribution is -2.16. The molecule has 0 atom stereocenters. The molecule has 0 aromatic heterocycles. The normalized spacial score (nSPS) is 16.4. The van der Waals surface area contributed by atoms with Gasteiger partial charge in [-0.15, -0.1) is 0 Å². The minimum Gasteiger partial charge on any atom is -0.370 e. The van der Waals surface area contributed by atoms with E-state index in [-0.39, 0.29) is 18.5 Å². The van der Waals surface area contributed by atoms with Crippen LogP contribution >= 0.6 is 23.2 Å². The maximum Gasteiger partial charge on any atom is 0.189 e. The fourth-order valence-corrected chi connectivity index (χ4v) is 2.56. The van der Waals surface area contributed by atoms with Gasteiger partial charge in [0.15, 0.2) is 5.78 Å². The summed E-state index contributed by atoms with van der Waals surface area (Å²) in [5, 5.41) is 0.917. The Hall–Kier alpha value is -0.570. The van der Waals surface area contributed by atoms with E-state index in [9.17, 15) is 4.79 Å². The molecule has 1 saturated carbocycles. The molecular weight excluding hydrogens is 259 g/mol. The lowest BCUT2D eigenvalue weighted by molar-refractivity contribution is 0.0482. The van der Waals surface area contributed by atoms with Crippen LogP contribution < -0.4 is 0 Å². The Morgan fingerprint density at radius 1 is 1.29 bits per heavy atom. The average Bonchev–Trinajstić information content (AvgIpc) is 2.78. The third-order valence-corrected chi connectivity index (χ3v) is 3.53. The van der Waals surface area contributed by atoms with Gasteiger partial charge in [0.2, 0.25) is 0 Å². The van der Waals surface area contributed by atoms with Crippen LogP contribution in [0.4, 0.5) is 0 Å². The molecule has 0 heterocycles. The van der Waals surface area contributed by atoms with E-state index in [2.05, 4.69) is 0 Å². The number of hydrogen-bond acceptors (Lipinski definition) is 2. The van der Waals surface area contributed by atoms with Gasteiger partial charge in [0.1, 0.15) is 6.61 Å². The van der Waals surface area contributed by atoms with Crippen molar-refractivity contribution < 1.29 is 9.53 Å². The molecule has 0 bridgehead atoms. The maximum absolute atomic E-state index is 11.9. The molecule has 0 N–H and O–H groups in total. The standard InChI is InChI=1S/C13H14Cl2O2/c14-9-5-6-11(12(15)7-9)13(16)8-17-10-3-1-2-4-10/h5-7,10H,1-4,8H2. The summed E-state index contributed by atoms with van der Waals surface area (Å²) in [6, 6.07) is 4.88. The molecule has 0 spiro atoms. The van der Waals surface area contributed by atoms with Gasteiger partial charge in [0, 0.05) is 10.6 Å². The van der Waals surface area contributed by atoms with E-state index in [0.29, 0.717) is 15.6 Å². The van der Waals surface area contributed by atoms with Crippen LogP contribution in [0.1, 0.15) is 36.0 Å². The number of carbonyl (C=O) groups excluding carboxylic acids is 1. The van der Waals surface area contributed by atoms with Crippen LogP contribution in [0.2, 0.25) is 10.0 Å². The number of ether oxygens (including phenoxy) is 1. The van der Waals surface area contributed by atoms with Gasteiger partial charge in [0.25, 0.3) is 0 Å². The zero-order chi connectivity index (χ0) is 12.3. The molecule has 2 nitrogen and oxygen atoms in total. The number of hydrogen-bond donors (Lipinski definition) is 0. The Labute approximate surface area is 111 Å². The fourth-order valence-electron chi connectivity index (χ4n) is 2.04. The van der Waals surface area contributed by atoms with Crippen molar-refractivity contribution in [3.05, 3.63) is 33.8 Å². The highest BCUT2D eigenvalue weighted by Crippen LogP contribution is 2.23. The van der Waals surface area contributed by atoms with Crippen LogP contribution in [0.15, 0.2) is 18.2 Å². The Kier molecular flexibility index (Phi) is 4.43. The van der Waals surface area contributed by atoms with Crippen molar-refractivity contribution >= 4 is 29.0 Å². The van der Waals surface area contributed by atoms with E-state index < -0.39 is 0 Å². The van der Waals surface area contributed by atoms with Gasteiger partial charge in [-0.05, 0) is 31.0 Å². The van der Waals surface area contributed by atoms with Crippen molar-refractivity contribution in [2.24, 2.45) is 0 Å². The molecule has 0 unspecified atom stereocenters. The SMILES string of the molecule is O=C(COC1CCCC1)c1ccc(Cl)cc1Cl. The van der Waals surface area contributed by atoms with Crippen LogP contribution in [-0.4, -0.2) is 18.5 Å². The van der Waals surface area contributed by atoms with E-state index in [4.69, 9.17) is 27.9 Å². The molecule has 1 aromatic rings. The molecule has 0 radical (unpaired) electrons. The number of rotatable bonds is 4. The largest absolute Gasteiger partial charge is 0.370 e. The van der Waals surface area contributed by atoms with E-state index >= 15 is 0 Å². The summed E-state index contributed by atoms with van der Waals surface area (Å²) in [7, 11) is 0. The van der Waals surface area contributed by atoms with Crippen molar-refractivity contribution in [3.8, 4) is 0 Å². The molecule has 92 valence electrons. The zero-order valence-corrected chi connectivity index (χ0v) is 10.9. The highest BCUT2D eigenvalue weighted by Gasteiger charge is 2.18. The zero-order valence-electron chi connectivity index (χ0n) is 9.42. The van der Waals surface area contributed by atoms with Crippen molar-refractivity contribution in [1.82, 2.24) is 0 Å². The first-order chi connectivity index (χ1) is 8.16. The first kappa shape index (κ1) is 12.9. The van der Waals surface area contributed by atoms with Crippen molar-refractivity contribution in [2.75, 3.05) is 6.61 Å². The van der Waals surface area contributed by atoms with Gasteiger partial charge in [-0.1, -0.05) is 36.0 Å².